The Labute approximate surface area is 166 Å². The zero-order valence-electron chi connectivity index (χ0n) is 14.4. The lowest BCUT2D eigenvalue weighted by atomic mass is 10.1. The van der Waals surface area contributed by atoms with Gasteiger partial charge in [-0.15, -0.1) is 0 Å². The summed E-state index contributed by atoms with van der Waals surface area (Å²) in [4.78, 5) is 26.5. The van der Waals surface area contributed by atoms with E-state index < -0.39 is 11.8 Å². The van der Waals surface area contributed by atoms with Crippen LogP contribution in [0.15, 0.2) is 42.0 Å². The van der Waals surface area contributed by atoms with Crippen LogP contribution in [0.5, 0.6) is 11.5 Å². The molecule has 1 fully saturated rings. The number of ether oxygens (including phenoxy) is 1. The fourth-order valence-corrected chi connectivity index (χ4v) is 3.02. The maximum atomic E-state index is 13.0. The first-order valence-electron chi connectivity index (χ1n) is 7.86. The second-order valence-electron chi connectivity index (χ2n) is 5.82. The zero-order valence-corrected chi connectivity index (χ0v) is 16.0. The molecule has 0 atom stereocenters. The maximum Gasteiger partial charge on any atom is 0.270 e. The van der Waals surface area contributed by atoms with E-state index in [0.29, 0.717) is 16.3 Å². The van der Waals surface area contributed by atoms with Gasteiger partial charge in [0.05, 0.1) is 12.8 Å². The Bertz CT molecular complexity index is 1000. The van der Waals surface area contributed by atoms with Gasteiger partial charge in [-0.05, 0) is 60.6 Å². The third-order valence-electron chi connectivity index (χ3n) is 4.03. The molecule has 0 aliphatic carbocycles. The van der Waals surface area contributed by atoms with Crippen molar-refractivity contribution < 1.29 is 19.4 Å². The number of phenols is 1. The van der Waals surface area contributed by atoms with Crippen molar-refractivity contribution in [1.29, 1.82) is 0 Å². The van der Waals surface area contributed by atoms with Gasteiger partial charge in [0.25, 0.3) is 11.8 Å². The Morgan fingerprint density at radius 1 is 1.22 bits per heavy atom. The zero-order chi connectivity index (χ0) is 19.7. The van der Waals surface area contributed by atoms with Gasteiger partial charge in [0.15, 0.2) is 16.6 Å². The summed E-state index contributed by atoms with van der Waals surface area (Å²) in [6.45, 7) is 1.84. The van der Waals surface area contributed by atoms with Crippen molar-refractivity contribution in [1.82, 2.24) is 5.32 Å². The van der Waals surface area contributed by atoms with Gasteiger partial charge >= 0.3 is 0 Å². The summed E-state index contributed by atoms with van der Waals surface area (Å²) in [5, 5.41) is 12.7. The van der Waals surface area contributed by atoms with Crippen LogP contribution in [-0.2, 0) is 9.59 Å². The van der Waals surface area contributed by atoms with Crippen LogP contribution in [0.1, 0.15) is 11.1 Å². The number of benzene rings is 2. The minimum absolute atomic E-state index is 0.0228. The van der Waals surface area contributed by atoms with Crippen molar-refractivity contribution in [3.05, 3.63) is 58.1 Å². The quantitative estimate of drug-likeness (QED) is 0.468. The minimum Gasteiger partial charge on any atom is -0.504 e. The van der Waals surface area contributed by atoms with Crippen LogP contribution in [0.2, 0.25) is 5.02 Å². The molecule has 8 heteroatoms. The number of thiocarbonyl (C=S) groups is 1. The van der Waals surface area contributed by atoms with Gasteiger partial charge in [0, 0.05) is 5.02 Å². The van der Waals surface area contributed by atoms with Gasteiger partial charge in [-0.1, -0.05) is 23.7 Å². The number of aryl methyl sites for hydroxylation is 1. The summed E-state index contributed by atoms with van der Waals surface area (Å²) in [6.07, 6.45) is 1.41. The Kier molecular flexibility index (Phi) is 5.16. The van der Waals surface area contributed by atoms with Gasteiger partial charge in [-0.25, -0.2) is 0 Å². The average Bonchev–Trinajstić information content (AvgIpc) is 2.62. The number of carbonyl (C=O) groups is 2. The van der Waals surface area contributed by atoms with E-state index in [0.717, 1.165) is 5.56 Å². The second kappa shape index (κ2) is 7.38. The highest BCUT2D eigenvalue weighted by atomic mass is 35.5. The molecule has 0 saturated carbocycles. The number of amides is 2. The molecule has 0 spiro atoms. The van der Waals surface area contributed by atoms with Crippen molar-refractivity contribution in [3.63, 3.8) is 0 Å². The van der Waals surface area contributed by atoms with Crippen LogP contribution >= 0.6 is 23.8 Å². The van der Waals surface area contributed by atoms with E-state index in [1.54, 1.807) is 24.3 Å². The van der Waals surface area contributed by atoms with Crippen LogP contribution in [-0.4, -0.2) is 29.1 Å². The lowest BCUT2D eigenvalue weighted by Crippen LogP contribution is -2.54. The standard InChI is InChI=1S/C19H15ClN2O4S/c1-10-3-5-12(9-14(10)20)22-18(25)13(17(24)21-19(22)27)7-11-4-6-15(23)16(8-11)26-2/h3-9,23H,1-2H3,(H,21,24,27). The lowest BCUT2D eigenvalue weighted by Gasteiger charge is -2.29. The number of halogens is 1. The molecular formula is C19H15ClN2O4S. The molecule has 2 amide bonds. The minimum atomic E-state index is -0.605. The molecule has 2 aromatic rings. The normalized spacial score (nSPS) is 15.9. The van der Waals surface area contributed by atoms with E-state index in [9.17, 15) is 14.7 Å². The Morgan fingerprint density at radius 2 is 1.96 bits per heavy atom. The van der Waals surface area contributed by atoms with Crippen molar-refractivity contribution >= 4 is 52.5 Å². The number of rotatable bonds is 3. The average molecular weight is 403 g/mol. The molecule has 0 aromatic heterocycles. The van der Waals surface area contributed by atoms with E-state index in [1.807, 2.05) is 6.92 Å². The molecule has 2 N–H and O–H groups in total. The van der Waals surface area contributed by atoms with Crippen LogP contribution in [0.25, 0.3) is 6.08 Å². The van der Waals surface area contributed by atoms with Gasteiger partial charge in [-0.3, -0.25) is 19.8 Å². The highest BCUT2D eigenvalue weighted by molar-refractivity contribution is 7.80. The summed E-state index contributed by atoms with van der Waals surface area (Å²) in [5.41, 5.74) is 1.72. The summed E-state index contributed by atoms with van der Waals surface area (Å²) >= 11 is 11.3. The first kappa shape index (κ1) is 18.9. The van der Waals surface area contributed by atoms with Crippen molar-refractivity contribution in [2.45, 2.75) is 6.92 Å². The highest BCUT2D eigenvalue weighted by Gasteiger charge is 2.34. The number of phenolic OH excluding ortho intramolecular Hbond substituents is 1. The molecule has 138 valence electrons. The molecule has 0 unspecified atom stereocenters. The van der Waals surface area contributed by atoms with Gasteiger partial charge in [0.1, 0.15) is 5.57 Å². The molecule has 27 heavy (non-hydrogen) atoms. The van der Waals surface area contributed by atoms with E-state index >= 15 is 0 Å². The van der Waals surface area contributed by atoms with E-state index in [2.05, 4.69) is 5.32 Å². The van der Waals surface area contributed by atoms with Gasteiger partial charge in [-0.2, -0.15) is 0 Å². The van der Waals surface area contributed by atoms with Crippen molar-refractivity contribution in [2.24, 2.45) is 0 Å². The molecule has 6 nitrogen and oxygen atoms in total. The number of methoxy groups -OCH3 is 1. The highest BCUT2D eigenvalue weighted by Crippen LogP contribution is 2.29. The molecule has 3 rings (SSSR count). The van der Waals surface area contributed by atoms with Crippen molar-refractivity contribution in [3.8, 4) is 11.5 Å². The van der Waals surface area contributed by atoms with Crippen LogP contribution in [0.3, 0.4) is 0 Å². The molecule has 0 bridgehead atoms. The summed E-state index contributed by atoms with van der Waals surface area (Å²) in [6, 6.07) is 9.56. The number of nitrogens with zero attached hydrogens (tertiary/aromatic N) is 1. The van der Waals surface area contributed by atoms with Crippen LogP contribution < -0.4 is 15.0 Å². The first-order chi connectivity index (χ1) is 12.8. The number of nitrogens with one attached hydrogen (secondary N) is 1. The van der Waals surface area contributed by atoms with Crippen molar-refractivity contribution in [2.75, 3.05) is 12.0 Å². The summed E-state index contributed by atoms with van der Waals surface area (Å²) in [7, 11) is 1.41. The second-order valence-corrected chi connectivity index (χ2v) is 6.62. The molecule has 1 aliphatic rings. The van der Waals surface area contributed by atoms with Crippen LogP contribution in [0, 0.1) is 6.92 Å². The molecular weight excluding hydrogens is 388 g/mol. The molecule has 1 aliphatic heterocycles. The van der Waals surface area contributed by atoms with Gasteiger partial charge < -0.3 is 9.84 Å². The predicted octanol–water partition coefficient (Wildman–Crippen LogP) is 3.19. The fraction of sp³-hybridized carbons (Fsp3) is 0.105. The van der Waals surface area contributed by atoms with E-state index in [1.165, 1.54) is 30.2 Å². The first-order valence-corrected chi connectivity index (χ1v) is 8.65. The smallest absolute Gasteiger partial charge is 0.270 e. The number of hydrogen-bond donors (Lipinski definition) is 2. The monoisotopic (exact) mass is 402 g/mol. The topological polar surface area (TPSA) is 78.9 Å². The third-order valence-corrected chi connectivity index (χ3v) is 4.72. The number of anilines is 1. The predicted molar refractivity (Wildman–Crippen MR) is 107 cm³/mol. The number of hydrogen-bond acceptors (Lipinski definition) is 5. The molecule has 0 radical (unpaired) electrons. The van der Waals surface area contributed by atoms with E-state index in [4.69, 9.17) is 28.6 Å². The molecule has 1 heterocycles. The molecule has 2 aromatic carbocycles. The summed E-state index contributed by atoms with van der Waals surface area (Å²) in [5.74, 6) is -0.996. The Hall–Kier alpha value is -2.90. The third kappa shape index (κ3) is 3.65. The Balaban J connectivity index is 2.03. The number of carbonyl (C=O) groups excluding carboxylic acids is 2. The lowest BCUT2D eigenvalue weighted by molar-refractivity contribution is -0.122. The largest absolute Gasteiger partial charge is 0.504 e. The van der Waals surface area contributed by atoms with Crippen LogP contribution in [0.4, 0.5) is 5.69 Å². The SMILES string of the molecule is COc1cc(C=C2C(=O)NC(=S)N(c3ccc(C)c(Cl)c3)C2=O)ccc1O. The maximum absolute atomic E-state index is 13.0. The van der Waals surface area contributed by atoms with E-state index in [-0.39, 0.29) is 22.2 Å². The number of aromatic hydroxyl groups is 1. The van der Waals surface area contributed by atoms with Gasteiger partial charge in [0.2, 0.25) is 0 Å². The summed E-state index contributed by atoms with van der Waals surface area (Å²) < 4.78 is 5.05. The Morgan fingerprint density at radius 3 is 2.63 bits per heavy atom. The molecule has 1 saturated heterocycles. The fourth-order valence-electron chi connectivity index (χ4n) is 2.56.